The summed E-state index contributed by atoms with van der Waals surface area (Å²) >= 11 is 7.91. The van der Waals surface area contributed by atoms with Gasteiger partial charge in [-0.15, -0.1) is 11.3 Å². The van der Waals surface area contributed by atoms with E-state index in [0.717, 1.165) is 18.4 Å². The fourth-order valence-electron chi connectivity index (χ4n) is 4.07. The number of allylic oxidation sites excluding steroid dienone is 1. The second-order valence-corrected chi connectivity index (χ2v) is 11.3. The molecule has 1 fully saturated rings. The second-order valence-electron chi connectivity index (χ2n) is 8.44. The molecule has 2 N–H and O–H groups in total. The zero-order chi connectivity index (χ0) is 22.4. The molecule has 1 saturated carbocycles. The maximum absolute atomic E-state index is 11.8. The fraction of sp³-hybridized carbons (Fsp3) is 0.500. The smallest absolute Gasteiger partial charge is 0.313 e. The lowest BCUT2D eigenvalue weighted by Crippen LogP contribution is -2.33. The zero-order valence-electron chi connectivity index (χ0n) is 17.8. The van der Waals surface area contributed by atoms with Gasteiger partial charge in [-0.3, -0.25) is 9.59 Å². The number of thiol groups is 1. The minimum atomic E-state index is -1.04. The number of carbonyl (C=O) groups is 2. The molecule has 1 aliphatic rings. The van der Waals surface area contributed by atoms with E-state index < -0.39 is 11.6 Å². The molecule has 0 radical (unpaired) electrons. The van der Waals surface area contributed by atoms with Crippen molar-refractivity contribution in [1.82, 2.24) is 0 Å². The van der Waals surface area contributed by atoms with E-state index in [-0.39, 0.29) is 22.7 Å². The summed E-state index contributed by atoms with van der Waals surface area (Å²) in [5.41, 5.74) is -0.168. The summed E-state index contributed by atoms with van der Waals surface area (Å²) in [6, 6.07) is 10.5. The summed E-state index contributed by atoms with van der Waals surface area (Å²) < 4.78 is 1.25. The SMILES string of the molecule is CC(O)(CCc1cc2ccccc2s1)/C(=C/[C@H]1CCC(=O)C1)C(S)CCSCC(=O)O. The lowest BCUT2D eigenvalue weighted by atomic mass is 9.84. The third-order valence-electron chi connectivity index (χ3n) is 5.78. The third kappa shape index (κ3) is 7.11. The number of Topliss-reactive ketones (excluding diaryl/α,β-unsaturated/α-hetero) is 1. The van der Waals surface area contributed by atoms with Crippen molar-refractivity contribution in [2.24, 2.45) is 5.92 Å². The molecule has 1 aromatic heterocycles. The molecule has 3 atom stereocenters. The molecule has 2 unspecified atom stereocenters. The highest BCUT2D eigenvalue weighted by Crippen LogP contribution is 2.36. The van der Waals surface area contributed by atoms with Crippen molar-refractivity contribution in [3.63, 3.8) is 0 Å². The summed E-state index contributed by atoms with van der Waals surface area (Å²) in [7, 11) is 0. The first-order chi connectivity index (χ1) is 14.7. The highest BCUT2D eigenvalue weighted by molar-refractivity contribution is 7.99. The van der Waals surface area contributed by atoms with Gasteiger partial charge in [0.25, 0.3) is 0 Å². The number of ketones is 1. The van der Waals surface area contributed by atoms with Gasteiger partial charge in [-0.05, 0) is 67.4 Å². The summed E-state index contributed by atoms with van der Waals surface area (Å²) in [4.78, 5) is 23.8. The van der Waals surface area contributed by atoms with Crippen LogP contribution in [0.5, 0.6) is 0 Å². The molecule has 4 nitrogen and oxygen atoms in total. The second kappa shape index (κ2) is 11.0. The van der Waals surface area contributed by atoms with Gasteiger partial charge in [0.05, 0.1) is 11.4 Å². The van der Waals surface area contributed by atoms with E-state index in [9.17, 15) is 14.7 Å². The van der Waals surface area contributed by atoms with E-state index in [2.05, 4.69) is 24.3 Å². The first-order valence-corrected chi connectivity index (χ1v) is 13.1. The number of thioether (sulfide) groups is 1. The Balaban J connectivity index is 1.71. The van der Waals surface area contributed by atoms with Crippen LogP contribution in [0, 0.1) is 5.92 Å². The molecule has 2 aromatic rings. The number of carboxylic acids is 1. The van der Waals surface area contributed by atoms with Crippen LogP contribution in [0.15, 0.2) is 42.0 Å². The summed E-state index contributed by atoms with van der Waals surface area (Å²) in [6.45, 7) is 1.84. The number of carbonyl (C=O) groups excluding carboxylic acids is 1. The number of aliphatic carboxylic acids is 1. The highest BCUT2D eigenvalue weighted by atomic mass is 32.2. The Kier molecular flexibility index (Phi) is 8.67. The van der Waals surface area contributed by atoms with Gasteiger partial charge < -0.3 is 10.2 Å². The monoisotopic (exact) mass is 478 g/mol. The number of benzene rings is 1. The average molecular weight is 479 g/mol. The lowest BCUT2D eigenvalue weighted by molar-refractivity contribution is -0.133. The van der Waals surface area contributed by atoms with Crippen LogP contribution < -0.4 is 0 Å². The molecule has 1 aliphatic carbocycles. The normalized spacial score (nSPS) is 20.2. The first kappa shape index (κ1) is 24.4. The number of aryl methyl sites for hydroxylation is 1. The molecular formula is C24H30O4S3. The van der Waals surface area contributed by atoms with Gasteiger partial charge in [0.2, 0.25) is 0 Å². The number of thiophene rings is 1. The van der Waals surface area contributed by atoms with E-state index in [1.54, 1.807) is 11.3 Å². The topological polar surface area (TPSA) is 74.6 Å². The summed E-state index contributed by atoms with van der Waals surface area (Å²) in [5.74, 6) is 0.335. The zero-order valence-corrected chi connectivity index (χ0v) is 20.3. The van der Waals surface area contributed by atoms with Gasteiger partial charge in [0.1, 0.15) is 5.78 Å². The average Bonchev–Trinajstić information content (AvgIpc) is 3.33. The van der Waals surface area contributed by atoms with Crippen molar-refractivity contribution in [2.75, 3.05) is 11.5 Å². The van der Waals surface area contributed by atoms with Crippen molar-refractivity contribution < 1.29 is 19.8 Å². The maximum Gasteiger partial charge on any atom is 0.313 e. The highest BCUT2D eigenvalue weighted by Gasteiger charge is 2.32. The standard InChI is InChI=1S/C24H30O4S3/c1-24(28,10-8-19-14-17-4-2-3-5-22(17)31-19)20(13-16-6-7-18(25)12-16)21(29)9-11-30-15-23(26)27/h2-5,13-14,16,21,28-29H,6-12,15H2,1H3,(H,26,27)/b20-13+/t16-,21?,24?/m0/s1. The number of hydrogen-bond acceptors (Lipinski definition) is 6. The van der Waals surface area contributed by atoms with Gasteiger partial charge in [-0.25, -0.2) is 0 Å². The van der Waals surface area contributed by atoms with Gasteiger partial charge in [0, 0.05) is 27.7 Å². The molecule has 7 heteroatoms. The molecule has 1 aromatic carbocycles. The van der Waals surface area contributed by atoms with Crippen LogP contribution in [0.1, 0.15) is 43.9 Å². The lowest BCUT2D eigenvalue weighted by Gasteiger charge is -2.31. The van der Waals surface area contributed by atoms with Gasteiger partial charge in [-0.2, -0.15) is 24.4 Å². The van der Waals surface area contributed by atoms with Gasteiger partial charge in [-0.1, -0.05) is 24.3 Å². The van der Waals surface area contributed by atoms with Crippen LogP contribution in [0.25, 0.3) is 10.1 Å². The molecule has 31 heavy (non-hydrogen) atoms. The molecular weight excluding hydrogens is 448 g/mol. The van der Waals surface area contributed by atoms with Gasteiger partial charge in [0.15, 0.2) is 0 Å². The van der Waals surface area contributed by atoms with E-state index in [0.29, 0.717) is 31.4 Å². The Morgan fingerprint density at radius 3 is 2.87 bits per heavy atom. The fourth-order valence-corrected chi connectivity index (χ4v) is 6.52. The molecule has 0 aliphatic heterocycles. The molecule has 0 spiro atoms. The Hall–Kier alpha value is -1.28. The summed E-state index contributed by atoms with van der Waals surface area (Å²) in [5, 5.41) is 21.3. The molecule has 0 amide bonds. The minimum Gasteiger partial charge on any atom is -0.481 e. The Labute approximate surface area is 197 Å². The van der Waals surface area contributed by atoms with Crippen LogP contribution >= 0.6 is 35.7 Å². The number of carboxylic acid groups (broad SMARTS) is 1. The Morgan fingerprint density at radius 2 is 2.19 bits per heavy atom. The van der Waals surface area contributed by atoms with E-state index >= 15 is 0 Å². The van der Waals surface area contributed by atoms with Crippen molar-refractivity contribution in [3.8, 4) is 0 Å². The van der Waals surface area contributed by atoms with E-state index in [4.69, 9.17) is 17.7 Å². The number of aliphatic hydroxyl groups is 1. The van der Waals surface area contributed by atoms with Crippen molar-refractivity contribution >= 4 is 57.6 Å². The van der Waals surface area contributed by atoms with Crippen LogP contribution in [0.3, 0.4) is 0 Å². The van der Waals surface area contributed by atoms with Crippen LogP contribution in [0.2, 0.25) is 0 Å². The van der Waals surface area contributed by atoms with Crippen LogP contribution in [0.4, 0.5) is 0 Å². The molecule has 0 saturated heterocycles. The summed E-state index contributed by atoms with van der Waals surface area (Å²) in [6.07, 6.45) is 6.05. The first-order valence-electron chi connectivity index (χ1n) is 10.7. The number of fused-ring (bicyclic) bond motifs is 1. The Bertz CT molecular complexity index is 914. The van der Waals surface area contributed by atoms with Crippen molar-refractivity contribution in [3.05, 3.63) is 46.9 Å². The van der Waals surface area contributed by atoms with Crippen molar-refractivity contribution in [2.45, 2.75) is 56.3 Å². The molecule has 0 bridgehead atoms. The van der Waals surface area contributed by atoms with E-state index in [1.807, 2.05) is 19.1 Å². The minimum absolute atomic E-state index is 0.0685. The van der Waals surface area contributed by atoms with E-state index in [1.165, 1.54) is 26.7 Å². The Morgan fingerprint density at radius 1 is 1.42 bits per heavy atom. The maximum atomic E-state index is 11.8. The largest absolute Gasteiger partial charge is 0.481 e. The van der Waals surface area contributed by atoms with Crippen LogP contribution in [-0.2, 0) is 16.0 Å². The quantitative estimate of drug-likeness (QED) is 0.229. The molecule has 3 rings (SSSR count). The van der Waals surface area contributed by atoms with Crippen molar-refractivity contribution in [1.29, 1.82) is 0 Å². The third-order valence-corrected chi connectivity index (χ3v) is 8.46. The molecule has 168 valence electrons. The molecule has 1 heterocycles. The predicted octanol–water partition coefficient (Wildman–Crippen LogP) is 5.39. The van der Waals surface area contributed by atoms with Crippen LogP contribution in [-0.4, -0.2) is 44.3 Å². The predicted molar refractivity (Wildman–Crippen MR) is 134 cm³/mol. The number of rotatable bonds is 11. The van der Waals surface area contributed by atoms with Gasteiger partial charge >= 0.3 is 5.97 Å². The number of hydrogen-bond donors (Lipinski definition) is 3.